The lowest BCUT2D eigenvalue weighted by molar-refractivity contribution is 0.00621. The molecule has 134 valence electrons. The van der Waals surface area contributed by atoms with E-state index in [0.29, 0.717) is 17.5 Å². The van der Waals surface area contributed by atoms with E-state index in [4.69, 9.17) is 21.3 Å². The van der Waals surface area contributed by atoms with E-state index < -0.39 is 0 Å². The molecule has 1 fully saturated rings. The highest BCUT2D eigenvalue weighted by atomic mass is 35.5. The molecule has 26 heavy (non-hydrogen) atoms. The first-order valence-corrected chi connectivity index (χ1v) is 9.41. The van der Waals surface area contributed by atoms with Crippen LogP contribution in [0.1, 0.15) is 38.6 Å². The molecule has 3 atom stereocenters. The zero-order chi connectivity index (χ0) is 18.3. The van der Waals surface area contributed by atoms with Crippen LogP contribution in [0.3, 0.4) is 0 Å². The van der Waals surface area contributed by atoms with Crippen LogP contribution in [0.4, 0.5) is 0 Å². The number of halogens is 1. The molecule has 0 N–H and O–H groups in total. The van der Waals surface area contributed by atoms with E-state index in [2.05, 4.69) is 22.5 Å². The van der Waals surface area contributed by atoms with Crippen LogP contribution < -0.4 is 0 Å². The van der Waals surface area contributed by atoms with Gasteiger partial charge in [-0.25, -0.2) is 4.98 Å². The van der Waals surface area contributed by atoms with Gasteiger partial charge in [-0.3, -0.25) is 4.98 Å². The quantitative estimate of drug-likeness (QED) is 0.673. The van der Waals surface area contributed by atoms with Gasteiger partial charge >= 0.3 is 0 Å². The summed E-state index contributed by atoms with van der Waals surface area (Å²) in [5.74, 6) is 0.855. The number of ether oxygens (including phenoxy) is 1. The van der Waals surface area contributed by atoms with Crippen LogP contribution in [-0.2, 0) is 11.2 Å². The van der Waals surface area contributed by atoms with Crippen LogP contribution in [0, 0.1) is 17.2 Å². The normalized spacial score (nSPS) is 21.8. The number of imidazole rings is 1. The number of pyridine rings is 1. The molecule has 0 amide bonds. The molecule has 3 heterocycles. The Morgan fingerprint density at radius 2 is 2.27 bits per heavy atom. The number of nitriles is 1. The first kappa shape index (κ1) is 17.3. The third-order valence-electron chi connectivity index (χ3n) is 5.08. The van der Waals surface area contributed by atoms with Gasteiger partial charge in [0.25, 0.3) is 0 Å². The maximum atomic E-state index is 9.29. The number of rotatable bonds is 3. The zero-order valence-electron chi connectivity index (χ0n) is 14.9. The van der Waals surface area contributed by atoms with Crippen LogP contribution in [0.2, 0.25) is 5.02 Å². The van der Waals surface area contributed by atoms with Gasteiger partial charge in [-0.2, -0.15) is 5.26 Å². The second kappa shape index (κ2) is 6.86. The number of hydrogen-bond acceptors (Lipinski definition) is 4. The fourth-order valence-electron chi connectivity index (χ4n) is 3.86. The van der Waals surface area contributed by atoms with Crippen molar-refractivity contribution in [3.8, 4) is 6.07 Å². The van der Waals surface area contributed by atoms with Crippen LogP contribution in [0.15, 0.2) is 24.4 Å². The second-order valence-electron chi connectivity index (χ2n) is 7.15. The van der Waals surface area contributed by atoms with Gasteiger partial charge in [0.15, 0.2) is 0 Å². The Hall–Kier alpha value is -2.16. The fraction of sp³-hybridized carbons (Fsp3) is 0.450. The Morgan fingerprint density at radius 1 is 1.42 bits per heavy atom. The fourth-order valence-corrected chi connectivity index (χ4v) is 4.04. The summed E-state index contributed by atoms with van der Waals surface area (Å²) < 4.78 is 8.07. The van der Waals surface area contributed by atoms with E-state index in [-0.39, 0.29) is 12.0 Å². The van der Waals surface area contributed by atoms with Crippen molar-refractivity contribution in [1.82, 2.24) is 14.5 Å². The maximum Gasteiger partial charge on any atom is 0.111 e. The van der Waals surface area contributed by atoms with Crippen molar-refractivity contribution in [2.75, 3.05) is 6.61 Å². The predicted octanol–water partition coefficient (Wildman–Crippen LogP) is 4.68. The molecule has 0 bridgehead atoms. The Bertz CT molecular complexity index is 1010. The smallest absolute Gasteiger partial charge is 0.111 e. The lowest BCUT2D eigenvalue weighted by atomic mass is 10.0. The molecular weight excluding hydrogens is 348 g/mol. The molecule has 2 unspecified atom stereocenters. The minimum absolute atomic E-state index is 0.0920. The van der Waals surface area contributed by atoms with E-state index in [1.165, 1.54) is 0 Å². The molecule has 1 aliphatic heterocycles. The molecule has 4 rings (SSSR count). The predicted molar refractivity (Wildman–Crippen MR) is 102 cm³/mol. The molecule has 1 saturated heterocycles. The maximum absolute atomic E-state index is 9.29. The lowest BCUT2D eigenvalue weighted by Crippen LogP contribution is -2.27. The second-order valence-corrected chi connectivity index (χ2v) is 7.58. The SMILES string of the molecule is CC(C#N)Cc1nc2cnc3ccc(Cl)cc3c2n1C1CCO[C@H](C)C1. The van der Waals surface area contributed by atoms with Crippen molar-refractivity contribution >= 4 is 33.5 Å². The highest BCUT2D eigenvalue weighted by molar-refractivity contribution is 6.31. The first-order chi connectivity index (χ1) is 12.6. The standard InChI is InChI=1S/C20H21ClN4O/c1-12(10-22)7-19-24-18-11-23-17-4-3-14(21)9-16(17)20(18)25(19)15-5-6-26-13(2)8-15/h3-4,9,11-13,15H,5-8H2,1-2H3/t12?,13-,15?/m1/s1. The summed E-state index contributed by atoms with van der Waals surface area (Å²) in [4.78, 5) is 9.39. The summed E-state index contributed by atoms with van der Waals surface area (Å²) in [6.45, 7) is 4.78. The number of aromatic nitrogens is 3. The van der Waals surface area contributed by atoms with Crippen molar-refractivity contribution in [2.24, 2.45) is 5.92 Å². The molecule has 0 radical (unpaired) electrons. The van der Waals surface area contributed by atoms with E-state index in [9.17, 15) is 5.26 Å². The van der Waals surface area contributed by atoms with Crippen molar-refractivity contribution in [2.45, 2.75) is 45.3 Å². The number of hydrogen-bond donors (Lipinski definition) is 0. The molecule has 2 aromatic heterocycles. The van der Waals surface area contributed by atoms with E-state index >= 15 is 0 Å². The van der Waals surface area contributed by atoms with Gasteiger partial charge in [0.05, 0.1) is 35.3 Å². The van der Waals surface area contributed by atoms with Gasteiger partial charge in [0, 0.05) is 29.5 Å². The highest BCUT2D eigenvalue weighted by Gasteiger charge is 2.26. The Balaban J connectivity index is 1.98. The van der Waals surface area contributed by atoms with Gasteiger partial charge in [0.1, 0.15) is 11.3 Å². The summed E-state index contributed by atoms with van der Waals surface area (Å²) in [7, 11) is 0. The van der Waals surface area contributed by atoms with Gasteiger partial charge < -0.3 is 9.30 Å². The molecule has 1 aromatic carbocycles. The minimum atomic E-state index is -0.0920. The minimum Gasteiger partial charge on any atom is -0.378 e. The summed E-state index contributed by atoms with van der Waals surface area (Å²) in [6, 6.07) is 8.39. The molecule has 6 heteroatoms. The van der Waals surface area contributed by atoms with E-state index in [1.807, 2.05) is 31.3 Å². The Labute approximate surface area is 157 Å². The van der Waals surface area contributed by atoms with Gasteiger partial charge in [-0.05, 0) is 44.9 Å². The Morgan fingerprint density at radius 3 is 3.04 bits per heavy atom. The monoisotopic (exact) mass is 368 g/mol. The summed E-state index contributed by atoms with van der Waals surface area (Å²) in [6.07, 6.45) is 4.53. The average Bonchev–Trinajstić information content (AvgIpc) is 2.99. The molecule has 5 nitrogen and oxygen atoms in total. The third-order valence-corrected chi connectivity index (χ3v) is 5.32. The van der Waals surface area contributed by atoms with Crippen molar-refractivity contribution in [3.05, 3.63) is 35.2 Å². The van der Waals surface area contributed by atoms with Crippen LogP contribution in [0.5, 0.6) is 0 Å². The Kier molecular flexibility index (Phi) is 4.56. The molecule has 0 saturated carbocycles. The van der Waals surface area contributed by atoms with E-state index in [0.717, 1.165) is 47.2 Å². The summed E-state index contributed by atoms with van der Waals surface area (Å²) >= 11 is 6.27. The van der Waals surface area contributed by atoms with Crippen molar-refractivity contribution in [1.29, 1.82) is 5.26 Å². The first-order valence-electron chi connectivity index (χ1n) is 9.03. The highest BCUT2D eigenvalue weighted by Crippen LogP contribution is 2.34. The van der Waals surface area contributed by atoms with Gasteiger partial charge in [-0.15, -0.1) is 0 Å². The van der Waals surface area contributed by atoms with Gasteiger partial charge in [-0.1, -0.05) is 11.6 Å². The molecule has 3 aromatic rings. The molecule has 0 spiro atoms. The number of benzene rings is 1. The van der Waals surface area contributed by atoms with Crippen molar-refractivity contribution in [3.63, 3.8) is 0 Å². The number of fused-ring (bicyclic) bond motifs is 3. The summed E-state index contributed by atoms with van der Waals surface area (Å²) in [5.41, 5.74) is 2.83. The van der Waals surface area contributed by atoms with Crippen LogP contribution >= 0.6 is 11.6 Å². The lowest BCUT2D eigenvalue weighted by Gasteiger charge is -2.30. The average molecular weight is 369 g/mol. The largest absolute Gasteiger partial charge is 0.378 e. The zero-order valence-corrected chi connectivity index (χ0v) is 15.7. The van der Waals surface area contributed by atoms with E-state index in [1.54, 1.807) is 0 Å². The molecular formula is C20H21ClN4O. The van der Waals surface area contributed by atoms with Crippen LogP contribution in [0.25, 0.3) is 21.9 Å². The summed E-state index contributed by atoms with van der Waals surface area (Å²) in [5, 5.41) is 11.0. The van der Waals surface area contributed by atoms with Crippen LogP contribution in [-0.4, -0.2) is 27.2 Å². The van der Waals surface area contributed by atoms with Crippen molar-refractivity contribution < 1.29 is 4.74 Å². The molecule has 0 aliphatic carbocycles. The molecule has 1 aliphatic rings. The topological polar surface area (TPSA) is 63.7 Å². The number of nitrogens with zero attached hydrogens (tertiary/aromatic N) is 4. The van der Waals surface area contributed by atoms with Gasteiger partial charge in [0.2, 0.25) is 0 Å². The third kappa shape index (κ3) is 3.04.